The number of nitrogens with zero attached hydrogens (tertiary/aromatic N) is 2. The van der Waals surface area contributed by atoms with Gasteiger partial charge in [0.15, 0.2) is 0 Å². The van der Waals surface area contributed by atoms with Crippen molar-refractivity contribution in [2.45, 2.75) is 62.7 Å². The molecule has 0 aromatic heterocycles. The Morgan fingerprint density at radius 1 is 1.00 bits per heavy atom. The van der Waals surface area contributed by atoms with Gasteiger partial charge in [-0.05, 0) is 74.9 Å². The predicted molar refractivity (Wildman–Crippen MR) is 139 cm³/mol. The third kappa shape index (κ3) is 6.23. The number of amides is 4. The SMILES string of the molecule is O=C1CC2(CCN(C(=O)c3ccc(F)cc3)CC2)NC(=O)[C@@H]2C[C@H](F)CN2C(=O)C[C@@H]2CCNC[C@@H]2CCN1. The lowest BCUT2D eigenvalue weighted by atomic mass is 9.81. The molecular formula is C28H37F2N5O4. The van der Waals surface area contributed by atoms with Gasteiger partial charge in [-0.2, -0.15) is 0 Å². The summed E-state index contributed by atoms with van der Waals surface area (Å²) in [5.74, 6) is -1.18. The van der Waals surface area contributed by atoms with Gasteiger partial charge in [-0.15, -0.1) is 0 Å². The van der Waals surface area contributed by atoms with Crippen LogP contribution in [0.4, 0.5) is 8.78 Å². The normalized spacial score (nSPS) is 30.2. The summed E-state index contributed by atoms with van der Waals surface area (Å²) in [4.78, 5) is 56.0. The number of hydrogen-bond acceptors (Lipinski definition) is 5. The van der Waals surface area contributed by atoms with Crippen molar-refractivity contribution in [1.29, 1.82) is 0 Å². The van der Waals surface area contributed by atoms with Gasteiger partial charge in [0.1, 0.15) is 18.0 Å². The van der Waals surface area contributed by atoms with Crippen LogP contribution in [0.15, 0.2) is 24.3 Å². The number of likely N-dealkylation sites (tertiary alicyclic amines) is 1. The molecule has 1 aromatic rings. The van der Waals surface area contributed by atoms with Gasteiger partial charge in [0, 0.05) is 44.5 Å². The number of alkyl halides is 1. The Labute approximate surface area is 227 Å². The average molecular weight is 546 g/mol. The molecule has 1 aromatic carbocycles. The highest BCUT2D eigenvalue weighted by Crippen LogP contribution is 2.32. The minimum atomic E-state index is -1.28. The van der Waals surface area contributed by atoms with Gasteiger partial charge in [-0.25, -0.2) is 8.78 Å². The Bertz CT molecular complexity index is 1090. The summed E-state index contributed by atoms with van der Waals surface area (Å²) in [5.41, 5.74) is -0.562. The molecule has 0 bridgehead atoms. The van der Waals surface area contributed by atoms with Crippen LogP contribution in [-0.2, 0) is 14.4 Å². The Morgan fingerprint density at radius 2 is 1.72 bits per heavy atom. The number of hydrogen-bond donors (Lipinski definition) is 3. The molecule has 0 saturated carbocycles. The summed E-state index contributed by atoms with van der Waals surface area (Å²) < 4.78 is 27.9. The summed E-state index contributed by atoms with van der Waals surface area (Å²) in [6.45, 7) is 2.51. The molecule has 0 aliphatic carbocycles. The smallest absolute Gasteiger partial charge is 0.253 e. The molecule has 4 aliphatic heterocycles. The zero-order valence-corrected chi connectivity index (χ0v) is 22.1. The predicted octanol–water partition coefficient (Wildman–Crippen LogP) is 1.38. The molecule has 0 unspecified atom stereocenters. The first-order valence-corrected chi connectivity index (χ1v) is 14.0. The molecular weight excluding hydrogens is 508 g/mol. The Kier molecular flexibility index (Phi) is 8.16. The van der Waals surface area contributed by atoms with Crippen LogP contribution in [-0.4, -0.2) is 90.4 Å². The van der Waals surface area contributed by atoms with Crippen LogP contribution in [0.2, 0.25) is 0 Å². The first kappa shape index (κ1) is 27.5. The maximum absolute atomic E-state index is 14.6. The summed E-state index contributed by atoms with van der Waals surface area (Å²) in [5, 5.41) is 9.40. The maximum Gasteiger partial charge on any atom is 0.253 e. The Hall–Kier alpha value is -3.08. The van der Waals surface area contributed by atoms with Crippen molar-refractivity contribution in [2.24, 2.45) is 11.8 Å². The maximum atomic E-state index is 14.6. The van der Waals surface area contributed by atoms with Gasteiger partial charge in [-0.1, -0.05) is 0 Å². The van der Waals surface area contributed by atoms with Crippen molar-refractivity contribution < 1.29 is 28.0 Å². The molecule has 4 heterocycles. The van der Waals surface area contributed by atoms with Crippen LogP contribution in [0.1, 0.15) is 55.3 Å². The van der Waals surface area contributed by atoms with Gasteiger partial charge in [0.05, 0.1) is 12.1 Å². The fraction of sp³-hybridized carbons (Fsp3) is 0.643. The third-order valence-electron chi connectivity index (χ3n) is 8.90. The minimum absolute atomic E-state index is 0.0311. The number of nitrogens with one attached hydrogen (secondary N) is 3. The molecule has 4 atom stereocenters. The molecule has 9 nitrogen and oxygen atoms in total. The van der Waals surface area contributed by atoms with Gasteiger partial charge in [-0.3, -0.25) is 19.2 Å². The van der Waals surface area contributed by atoms with Crippen LogP contribution in [0, 0.1) is 17.7 Å². The lowest BCUT2D eigenvalue weighted by molar-refractivity contribution is -0.141. The number of halogens is 2. The van der Waals surface area contributed by atoms with E-state index in [0.29, 0.717) is 24.9 Å². The van der Waals surface area contributed by atoms with Crippen LogP contribution in [0.25, 0.3) is 0 Å². The van der Waals surface area contributed by atoms with Crippen molar-refractivity contribution in [2.75, 3.05) is 39.3 Å². The van der Waals surface area contributed by atoms with E-state index in [1.807, 2.05) is 0 Å². The Balaban J connectivity index is 1.34. The molecule has 212 valence electrons. The second-order valence-electron chi connectivity index (χ2n) is 11.5. The number of fused-ring (bicyclic) bond motifs is 2. The quantitative estimate of drug-likeness (QED) is 0.494. The topological polar surface area (TPSA) is 111 Å². The van der Waals surface area contributed by atoms with E-state index in [4.69, 9.17) is 0 Å². The highest BCUT2D eigenvalue weighted by atomic mass is 19.1. The first-order chi connectivity index (χ1) is 18.7. The van der Waals surface area contributed by atoms with Crippen molar-refractivity contribution in [1.82, 2.24) is 25.8 Å². The minimum Gasteiger partial charge on any atom is -0.356 e. The first-order valence-electron chi connectivity index (χ1n) is 14.0. The number of rotatable bonds is 1. The molecule has 4 aliphatic rings. The molecule has 4 fully saturated rings. The molecule has 39 heavy (non-hydrogen) atoms. The van der Waals surface area contributed by atoms with E-state index in [1.165, 1.54) is 29.2 Å². The fourth-order valence-corrected chi connectivity index (χ4v) is 6.60. The lowest BCUT2D eigenvalue weighted by Gasteiger charge is -2.43. The van der Waals surface area contributed by atoms with E-state index in [1.54, 1.807) is 4.90 Å². The lowest BCUT2D eigenvalue weighted by Crippen LogP contribution is -2.61. The van der Waals surface area contributed by atoms with Gasteiger partial charge in [0.25, 0.3) is 5.91 Å². The van der Waals surface area contributed by atoms with Crippen LogP contribution >= 0.6 is 0 Å². The molecule has 3 N–H and O–H groups in total. The van der Waals surface area contributed by atoms with E-state index >= 15 is 0 Å². The summed E-state index contributed by atoms with van der Waals surface area (Å²) in [6, 6.07) is 4.42. The van der Waals surface area contributed by atoms with Crippen molar-refractivity contribution >= 4 is 23.6 Å². The zero-order chi connectivity index (χ0) is 27.6. The largest absolute Gasteiger partial charge is 0.356 e. The number of piperidine rings is 2. The number of carbonyl (C=O) groups is 4. The summed E-state index contributed by atoms with van der Waals surface area (Å²) in [6.07, 6.45) is 1.16. The zero-order valence-electron chi connectivity index (χ0n) is 22.1. The highest BCUT2D eigenvalue weighted by molar-refractivity contribution is 5.94. The Morgan fingerprint density at radius 3 is 2.46 bits per heavy atom. The summed E-state index contributed by atoms with van der Waals surface area (Å²) >= 11 is 0. The van der Waals surface area contributed by atoms with Crippen LogP contribution in [0.3, 0.4) is 0 Å². The molecule has 1 spiro atoms. The van der Waals surface area contributed by atoms with E-state index in [0.717, 1.165) is 25.9 Å². The van der Waals surface area contributed by atoms with Gasteiger partial charge in [0.2, 0.25) is 17.7 Å². The van der Waals surface area contributed by atoms with E-state index in [2.05, 4.69) is 16.0 Å². The fourth-order valence-electron chi connectivity index (χ4n) is 6.60. The van der Waals surface area contributed by atoms with Crippen molar-refractivity contribution in [3.05, 3.63) is 35.6 Å². The van der Waals surface area contributed by atoms with Crippen LogP contribution in [0.5, 0.6) is 0 Å². The van der Waals surface area contributed by atoms with Crippen molar-refractivity contribution in [3.8, 4) is 0 Å². The molecule has 4 amide bonds. The van der Waals surface area contributed by atoms with Gasteiger partial charge < -0.3 is 25.8 Å². The molecule has 5 rings (SSSR count). The van der Waals surface area contributed by atoms with E-state index in [-0.39, 0.29) is 68.5 Å². The molecule has 11 heteroatoms. The number of benzene rings is 1. The molecule has 0 radical (unpaired) electrons. The number of carbonyl (C=O) groups excluding carboxylic acids is 4. The average Bonchev–Trinajstić information content (AvgIpc) is 3.32. The second-order valence-corrected chi connectivity index (χ2v) is 11.5. The van der Waals surface area contributed by atoms with Crippen LogP contribution < -0.4 is 16.0 Å². The van der Waals surface area contributed by atoms with E-state index < -0.39 is 29.5 Å². The van der Waals surface area contributed by atoms with E-state index in [9.17, 15) is 28.0 Å². The standard InChI is InChI=1S/C28H37F2N5O4/c29-21-3-1-18(2-4-21)27(39)34-11-7-28(8-12-34)15-24(36)32-10-6-20-16-31-9-5-19(20)13-25(37)35-17-22(30)14-23(35)26(38)33-28/h1-4,19-20,22-23,31H,5-17H2,(H,32,36)(H,33,38)/t19-,20-,22-,23-/m0/s1. The van der Waals surface area contributed by atoms with Gasteiger partial charge >= 0.3 is 0 Å². The molecule has 4 saturated heterocycles. The highest BCUT2D eigenvalue weighted by Gasteiger charge is 2.45. The monoisotopic (exact) mass is 545 g/mol. The van der Waals surface area contributed by atoms with Crippen molar-refractivity contribution in [3.63, 3.8) is 0 Å². The summed E-state index contributed by atoms with van der Waals surface area (Å²) in [7, 11) is 0. The second kappa shape index (κ2) is 11.6. The third-order valence-corrected chi connectivity index (χ3v) is 8.90.